The molecule has 0 aliphatic carbocycles. The topological polar surface area (TPSA) is 56.0 Å². The lowest BCUT2D eigenvalue weighted by Gasteiger charge is -2.12. The Morgan fingerprint density at radius 3 is 2.94 bits per heavy atom. The minimum Gasteiger partial charge on any atom is -0.330 e. The van der Waals surface area contributed by atoms with Crippen molar-refractivity contribution in [1.82, 2.24) is 4.98 Å². The molecular weight excluding hydrogens is 224 g/mol. The first-order valence-electron chi connectivity index (χ1n) is 6.35. The van der Waals surface area contributed by atoms with Crippen LogP contribution in [0.5, 0.6) is 0 Å². The maximum atomic E-state index is 12.3. The molecule has 2 aromatic rings. The standard InChI is InChI=1S/C15H18N2O/c1-2-4-13(10-16)15(18)12-6-7-14-11(9-12)5-3-8-17-14/h3,5-9,13H,2,4,10,16H2,1H3. The number of nitrogens with two attached hydrogens (primary N) is 1. The molecule has 0 aliphatic heterocycles. The highest BCUT2D eigenvalue weighted by molar-refractivity contribution is 6.00. The Balaban J connectivity index is 2.32. The van der Waals surface area contributed by atoms with Crippen LogP contribution in [0, 0.1) is 5.92 Å². The highest BCUT2D eigenvalue weighted by Gasteiger charge is 2.17. The van der Waals surface area contributed by atoms with Crippen LogP contribution in [0.3, 0.4) is 0 Å². The highest BCUT2D eigenvalue weighted by Crippen LogP contribution is 2.18. The van der Waals surface area contributed by atoms with Crippen LogP contribution in [-0.4, -0.2) is 17.3 Å². The van der Waals surface area contributed by atoms with Gasteiger partial charge in [-0.05, 0) is 30.7 Å². The van der Waals surface area contributed by atoms with E-state index < -0.39 is 0 Å². The van der Waals surface area contributed by atoms with Crippen LogP contribution in [0.4, 0.5) is 0 Å². The third-order valence-corrected chi connectivity index (χ3v) is 3.18. The van der Waals surface area contributed by atoms with Crippen LogP contribution in [0.2, 0.25) is 0 Å². The van der Waals surface area contributed by atoms with Crippen LogP contribution in [0.25, 0.3) is 10.9 Å². The fourth-order valence-electron chi connectivity index (χ4n) is 2.17. The summed E-state index contributed by atoms with van der Waals surface area (Å²) < 4.78 is 0. The first-order chi connectivity index (χ1) is 8.76. The van der Waals surface area contributed by atoms with E-state index in [9.17, 15) is 4.79 Å². The molecule has 0 saturated heterocycles. The molecule has 0 amide bonds. The van der Waals surface area contributed by atoms with Crippen molar-refractivity contribution in [3.8, 4) is 0 Å². The molecule has 3 nitrogen and oxygen atoms in total. The highest BCUT2D eigenvalue weighted by atomic mass is 16.1. The maximum absolute atomic E-state index is 12.3. The average molecular weight is 242 g/mol. The quantitative estimate of drug-likeness (QED) is 0.820. The Bertz CT molecular complexity index is 551. The minimum atomic E-state index is -0.0656. The summed E-state index contributed by atoms with van der Waals surface area (Å²) >= 11 is 0. The maximum Gasteiger partial charge on any atom is 0.167 e. The van der Waals surface area contributed by atoms with Crippen LogP contribution < -0.4 is 5.73 Å². The van der Waals surface area contributed by atoms with Crippen LogP contribution in [-0.2, 0) is 0 Å². The summed E-state index contributed by atoms with van der Waals surface area (Å²) in [4.78, 5) is 16.6. The van der Waals surface area contributed by atoms with Crippen molar-refractivity contribution < 1.29 is 4.79 Å². The van der Waals surface area contributed by atoms with Crippen LogP contribution in [0.1, 0.15) is 30.1 Å². The number of carbonyl (C=O) groups is 1. The first kappa shape index (κ1) is 12.7. The fourth-order valence-corrected chi connectivity index (χ4v) is 2.17. The smallest absolute Gasteiger partial charge is 0.167 e. The van der Waals surface area contributed by atoms with Gasteiger partial charge in [0.2, 0.25) is 0 Å². The summed E-state index contributed by atoms with van der Waals surface area (Å²) in [7, 11) is 0. The fraction of sp³-hybridized carbons (Fsp3) is 0.333. The number of ketones is 1. The zero-order chi connectivity index (χ0) is 13.0. The average Bonchev–Trinajstić information content (AvgIpc) is 2.43. The summed E-state index contributed by atoms with van der Waals surface area (Å²) in [6, 6.07) is 9.49. The minimum absolute atomic E-state index is 0.0656. The van der Waals surface area contributed by atoms with Gasteiger partial charge >= 0.3 is 0 Å². The number of nitrogens with zero attached hydrogens (tertiary/aromatic N) is 1. The second kappa shape index (κ2) is 5.74. The Labute approximate surface area is 107 Å². The number of Topliss-reactive ketones (excluding diaryl/α,β-unsaturated/α-hetero) is 1. The normalized spacial score (nSPS) is 12.6. The van der Waals surface area contributed by atoms with Crippen molar-refractivity contribution in [2.24, 2.45) is 11.7 Å². The molecule has 0 fully saturated rings. The lowest BCUT2D eigenvalue weighted by atomic mass is 9.93. The second-order valence-corrected chi connectivity index (χ2v) is 4.50. The number of aromatic nitrogens is 1. The monoisotopic (exact) mass is 242 g/mol. The molecule has 94 valence electrons. The van der Waals surface area contributed by atoms with E-state index in [0.29, 0.717) is 6.54 Å². The van der Waals surface area contributed by atoms with Gasteiger partial charge in [0.05, 0.1) is 5.52 Å². The van der Waals surface area contributed by atoms with Gasteiger partial charge in [0.15, 0.2) is 5.78 Å². The molecule has 3 heteroatoms. The van der Waals surface area contributed by atoms with Crippen molar-refractivity contribution in [2.75, 3.05) is 6.54 Å². The van der Waals surface area contributed by atoms with Crippen LogP contribution in [0.15, 0.2) is 36.5 Å². The number of hydrogen-bond donors (Lipinski definition) is 1. The van der Waals surface area contributed by atoms with Crippen LogP contribution >= 0.6 is 0 Å². The zero-order valence-corrected chi connectivity index (χ0v) is 10.6. The van der Waals surface area contributed by atoms with Crippen molar-refractivity contribution in [2.45, 2.75) is 19.8 Å². The van der Waals surface area contributed by atoms with Gasteiger partial charge < -0.3 is 5.73 Å². The number of hydrogen-bond acceptors (Lipinski definition) is 3. The SMILES string of the molecule is CCCC(CN)C(=O)c1ccc2ncccc2c1. The molecule has 1 aromatic heterocycles. The van der Waals surface area contributed by atoms with Gasteiger partial charge in [-0.15, -0.1) is 0 Å². The van der Waals surface area contributed by atoms with E-state index in [2.05, 4.69) is 11.9 Å². The molecule has 2 N–H and O–H groups in total. The summed E-state index contributed by atoms with van der Waals surface area (Å²) in [5, 5.41) is 0.996. The molecule has 1 aromatic carbocycles. The summed E-state index contributed by atoms with van der Waals surface area (Å²) in [6.07, 6.45) is 3.58. The Morgan fingerprint density at radius 1 is 1.39 bits per heavy atom. The molecule has 0 spiro atoms. The number of pyridine rings is 1. The lowest BCUT2D eigenvalue weighted by molar-refractivity contribution is 0.0917. The molecule has 0 bridgehead atoms. The third kappa shape index (κ3) is 2.57. The molecule has 1 atom stereocenters. The molecular formula is C15H18N2O. The number of carbonyl (C=O) groups excluding carboxylic acids is 1. The second-order valence-electron chi connectivity index (χ2n) is 4.50. The van der Waals surface area contributed by atoms with E-state index in [1.165, 1.54) is 0 Å². The van der Waals surface area contributed by atoms with Gasteiger partial charge in [-0.1, -0.05) is 19.4 Å². The Hall–Kier alpha value is -1.74. The predicted molar refractivity (Wildman–Crippen MR) is 73.5 cm³/mol. The summed E-state index contributed by atoms with van der Waals surface area (Å²) in [6.45, 7) is 2.48. The van der Waals surface area contributed by atoms with Crippen molar-refractivity contribution in [1.29, 1.82) is 0 Å². The molecule has 1 heterocycles. The summed E-state index contributed by atoms with van der Waals surface area (Å²) in [5.41, 5.74) is 7.32. The van der Waals surface area contributed by atoms with Gasteiger partial charge in [-0.3, -0.25) is 9.78 Å². The lowest BCUT2D eigenvalue weighted by Crippen LogP contribution is -2.23. The first-order valence-corrected chi connectivity index (χ1v) is 6.35. The van der Waals surface area contributed by atoms with E-state index in [1.54, 1.807) is 6.20 Å². The Kier molecular flexibility index (Phi) is 4.05. The summed E-state index contributed by atoms with van der Waals surface area (Å²) in [5.74, 6) is 0.0780. The van der Waals surface area contributed by atoms with E-state index >= 15 is 0 Å². The molecule has 1 unspecified atom stereocenters. The van der Waals surface area contributed by atoms with E-state index in [0.717, 1.165) is 29.3 Å². The largest absolute Gasteiger partial charge is 0.330 e. The number of fused-ring (bicyclic) bond motifs is 1. The van der Waals surface area contributed by atoms with E-state index in [1.807, 2.05) is 30.3 Å². The van der Waals surface area contributed by atoms with Gasteiger partial charge in [-0.2, -0.15) is 0 Å². The van der Waals surface area contributed by atoms with Gasteiger partial charge in [0.25, 0.3) is 0 Å². The third-order valence-electron chi connectivity index (χ3n) is 3.18. The molecule has 0 aliphatic rings. The van der Waals surface area contributed by atoms with Gasteiger partial charge in [0, 0.05) is 29.6 Å². The zero-order valence-electron chi connectivity index (χ0n) is 10.6. The molecule has 18 heavy (non-hydrogen) atoms. The molecule has 2 rings (SSSR count). The Morgan fingerprint density at radius 2 is 2.22 bits per heavy atom. The van der Waals surface area contributed by atoms with E-state index in [-0.39, 0.29) is 11.7 Å². The van der Waals surface area contributed by atoms with Crippen molar-refractivity contribution in [3.63, 3.8) is 0 Å². The number of rotatable bonds is 5. The van der Waals surface area contributed by atoms with Gasteiger partial charge in [0.1, 0.15) is 0 Å². The number of benzene rings is 1. The molecule has 0 saturated carbocycles. The predicted octanol–water partition coefficient (Wildman–Crippen LogP) is 2.79. The van der Waals surface area contributed by atoms with Crippen molar-refractivity contribution >= 4 is 16.7 Å². The van der Waals surface area contributed by atoms with Gasteiger partial charge in [-0.25, -0.2) is 0 Å². The molecule has 0 radical (unpaired) electrons. The van der Waals surface area contributed by atoms with Crippen molar-refractivity contribution in [3.05, 3.63) is 42.1 Å². The van der Waals surface area contributed by atoms with E-state index in [4.69, 9.17) is 5.73 Å².